The molecule has 112 valence electrons. The van der Waals surface area contributed by atoms with Crippen LogP contribution in [0.2, 0.25) is 0 Å². The third-order valence-corrected chi connectivity index (χ3v) is 3.24. The highest BCUT2D eigenvalue weighted by Crippen LogP contribution is 2.10. The van der Waals surface area contributed by atoms with Crippen molar-refractivity contribution in [1.82, 2.24) is 9.91 Å². The minimum atomic E-state index is -0.161. The average Bonchev–Trinajstić information content (AvgIpc) is 2.50. The fraction of sp³-hybridized carbons (Fsp3) is 0.400. The smallest absolute Gasteiger partial charge is 0.269 e. The van der Waals surface area contributed by atoms with E-state index < -0.39 is 0 Å². The summed E-state index contributed by atoms with van der Waals surface area (Å²) < 4.78 is 5.55. The largest absolute Gasteiger partial charge is 0.492 e. The zero-order valence-corrected chi connectivity index (χ0v) is 12.3. The van der Waals surface area contributed by atoms with Gasteiger partial charge in [-0.05, 0) is 12.1 Å². The van der Waals surface area contributed by atoms with Crippen LogP contribution in [-0.4, -0.2) is 54.7 Å². The molecule has 0 unspecified atom stereocenters. The molecule has 0 saturated heterocycles. The second-order valence-corrected chi connectivity index (χ2v) is 4.85. The molecule has 0 aromatic heterocycles. The van der Waals surface area contributed by atoms with Gasteiger partial charge in [0.2, 0.25) is 5.91 Å². The van der Waals surface area contributed by atoms with Crippen molar-refractivity contribution in [3.8, 4) is 5.75 Å². The van der Waals surface area contributed by atoms with Gasteiger partial charge >= 0.3 is 0 Å². The van der Waals surface area contributed by atoms with Gasteiger partial charge in [-0.25, -0.2) is 5.01 Å². The Labute approximate surface area is 124 Å². The Morgan fingerprint density at radius 3 is 2.71 bits per heavy atom. The highest BCUT2D eigenvalue weighted by molar-refractivity contribution is 6.39. The number of hydrogen-bond acceptors (Lipinski definition) is 4. The number of amides is 2. The van der Waals surface area contributed by atoms with E-state index in [2.05, 4.69) is 5.10 Å². The minimum absolute atomic E-state index is 0.0680. The highest BCUT2D eigenvalue weighted by Gasteiger charge is 2.24. The second-order valence-electron chi connectivity index (χ2n) is 4.85. The number of nitrogens with zero attached hydrogens (tertiary/aromatic N) is 3. The van der Waals surface area contributed by atoms with Crippen LogP contribution < -0.4 is 4.74 Å². The monoisotopic (exact) mass is 289 g/mol. The lowest BCUT2D eigenvalue weighted by Gasteiger charge is -2.23. The molecule has 1 aromatic carbocycles. The quantitative estimate of drug-likeness (QED) is 0.816. The molecule has 2 amide bonds. The average molecular weight is 289 g/mol. The van der Waals surface area contributed by atoms with Gasteiger partial charge in [-0.2, -0.15) is 5.10 Å². The van der Waals surface area contributed by atoms with Crippen molar-refractivity contribution in [3.63, 3.8) is 0 Å². The Kier molecular flexibility index (Phi) is 4.92. The van der Waals surface area contributed by atoms with Gasteiger partial charge in [-0.15, -0.1) is 0 Å². The summed E-state index contributed by atoms with van der Waals surface area (Å²) in [7, 11) is 3.27. The fourth-order valence-electron chi connectivity index (χ4n) is 1.96. The van der Waals surface area contributed by atoms with E-state index in [0.717, 1.165) is 5.75 Å². The van der Waals surface area contributed by atoms with E-state index in [1.807, 2.05) is 30.3 Å². The molecule has 0 fully saturated rings. The highest BCUT2D eigenvalue weighted by atomic mass is 16.5. The van der Waals surface area contributed by atoms with Gasteiger partial charge in [-0.1, -0.05) is 18.2 Å². The molecule has 0 aliphatic carbocycles. The normalized spacial score (nSPS) is 14.7. The molecule has 0 spiro atoms. The lowest BCUT2D eigenvalue weighted by Crippen LogP contribution is -2.40. The van der Waals surface area contributed by atoms with Crippen LogP contribution in [0.25, 0.3) is 0 Å². The molecule has 0 bridgehead atoms. The first kappa shape index (κ1) is 15.0. The van der Waals surface area contributed by atoms with Crippen molar-refractivity contribution in [1.29, 1.82) is 0 Å². The van der Waals surface area contributed by atoms with Gasteiger partial charge in [0.25, 0.3) is 5.91 Å². The summed E-state index contributed by atoms with van der Waals surface area (Å²) in [4.78, 5) is 25.1. The Hall–Kier alpha value is -2.37. The van der Waals surface area contributed by atoms with E-state index in [4.69, 9.17) is 4.74 Å². The van der Waals surface area contributed by atoms with Crippen molar-refractivity contribution in [3.05, 3.63) is 30.3 Å². The van der Waals surface area contributed by atoms with Crippen LogP contribution in [0.1, 0.15) is 12.8 Å². The first-order valence-electron chi connectivity index (χ1n) is 6.85. The maximum Gasteiger partial charge on any atom is 0.269 e. The molecule has 0 radical (unpaired) electrons. The summed E-state index contributed by atoms with van der Waals surface area (Å²) in [6.45, 7) is 0.874. The Morgan fingerprint density at radius 2 is 2.05 bits per heavy atom. The molecule has 2 rings (SSSR count). The van der Waals surface area contributed by atoms with Gasteiger partial charge in [0, 0.05) is 26.9 Å². The predicted molar refractivity (Wildman–Crippen MR) is 79.0 cm³/mol. The summed E-state index contributed by atoms with van der Waals surface area (Å²) in [5.74, 6) is 0.548. The Morgan fingerprint density at radius 1 is 1.33 bits per heavy atom. The van der Waals surface area contributed by atoms with E-state index in [9.17, 15) is 9.59 Å². The number of ether oxygens (including phenoxy) is 1. The summed E-state index contributed by atoms with van der Waals surface area (Å²) in [5, 5.41) is 5.25. The van der Waals surface area contributed by atoms with Crippen molar-refractivity contribution in [2.45, 2.75) is 12.8 Å². The van der Waals surface area contributed by atoms with Crippen LogP contribution >= 0.6 is 0 Å². The van der Waals surface area contributed by atoms with E-state index in [0.29, 0.717) is 31.7 Å². The summed E-state index contributed by atoms with van der Waals surface area (Å²) in [5.41, 5.74) is 0.416. The second kappa shape index (κ2) is 6.88. The number of rotatable bonds is 5. The van der Waals surface area contributed by atoms with Gasteiger partial charge in [0.1, 0.15) is 18.1 Å². The van der Waals surface area contributed by atoms with E-state index >= 15 is 0 Å². The first-order valence-corrected chi connectivity index (χ1v) is 6.85. The zero-order chi connectivity index (χ0) is 15.2. The number of likely N-dealkylation sites (N-methyl/N-ethyl adjacent to an activating group) is 1. The number of carbonyl (C=O) groups excluding carboxylic acids is 2. The molecule has 0 N–H and O–H groups in total. The molecule has 1 aliphatic heterocycles. The van der Waals surface area contributed by atoms with Gasteiger partial charge in [0.15, 0.2) is 0 Å². The molecule has 6 heteroatoms. The molecule has 0 saturated carbocycles. The first-order chi connectivity index (χ1) is 10.1. The van der Waals surface area contributed by atoms with Gasteiger partial charge in [0.05, 0.1) is 6.54 Å². The molecule has 1 aromatic rings. The minimum Gasteiger partial charge on any atom is -0.492 e. The lowest BCUT2D eigenvalue weighted by atomic mass is 10.1. The zero-order valence-electron chi connectivity index (χ0n) is 12.3. The molecular weight excluding hydrogens is 270 g/mol. The maximum atomic E-state index is 12.2. The number of hydrogen-bond donors (Lipinski definition) is 0. The number of para-hydroxylation sites is 1. The molecule has 6 nitrogen and oxygen atoms in total. The SMILES string of the molecule is CN(CCOc1ccccc1)C(=O)C1=NN(C)C(=O)CC1. The maximum absolute atomic E-state index is 12.2. The van der Waals surface area contributed by atoms with Crippen LogP contribution in [0, 0.1) is 0 Å². The molecule has 1 aliphatic rings. The van der Waals surface area contributed by atoms with E-state index in [-0.39, 0.29) is 11.8 Å². The van der Waals surface area contributed by atoms with Crippen LogP contribution in [0.15, 0.2) is 35.4 Å². The van der Waals surface area contributed by atoms with Crippen molar-refractivity contribution >= 4 is 17.5 Å². The van der Waals surface area contributed by atoms with Crippen LogP contribution in [0.3, 0.4) is 0 Å². The van der Waals surface area contributed by atoms with Crippen molar-refractivity contribution < 1.29 is 14.3 Å². The summed E-state index contributed by atoms with van der Waals surface area (Å²) in [6.07, 6.45) is 0.724. The van der Waals surface area contributed by atoms with Crippen LogP contribution in [0.5, 0.6) is 5.75 Å². The summed E-state index contributed by atoms with van der Waals surface area (Å²) in [6, 6.07) is 9.45. The topological polar surface area (TPSA) is 62.2 Å². The van der Waals surface area contributed by atoms with Gasteiger partial charge < -0.3 is 9.64 Å². The molecular formula is C15H19N3O3. The van der Waals surface area contributed by atoms with E-state index in [1.165, 1.54) is 5.01 Å². The molecule has 21 heavy (non-hydrogen) atoms. The molecule has 0 atom stereocenters. The fourth-order valence-corrected chi connectivity index (χ4v) is 1.96. The number of benzene rings is 1. The number of hydrazone groups is 1. The van der Waals surface area contributed by atoms with Crippen LogP contribution in [0.4, 0.5) is 0 Å². The lowest BCUT2D eigenvalue weighted by molar-refractivity contribution is -0.130. The molecule has 1 heterocycles. The Balaban J connectivity index is 1.83. The van der Waals surface area contributed by atoms with Crippen molar-refractivity contribution in [2.24, 2.45) is 5.10 Å². The Bertz CT molecular complexity index is 542. The predicted octanol–water partition coefficient (Wildman–Crippen LogP) is 1.13. The third-order valence-electron chi connectivity index (χ3n) is 3.24. The summed E-state index contributed by atoms with van der Waals surface area (Å²) >= 11 is 0. The van der Waals surface area contributed by atoms with Gasteiger partial charge in [-0.3, -0.25) is 9.59 Å². The number of carbonyl (C=O) groups is 2. The third kappa shape index (κ3) is 4.05. The van der Waals surface area contributed by atoms with E-state index in [1.54, 1.807) is 19.0 Å². The van der Waals surface area contributed by atoms with Crippen molar-refractivity contribution in [2.75, 3.05) is 27.2 Å². The van der Waals surface area contributed by atoms with Crippen LogP contribution in [-0.2, 0) is 9.59 Å². The standard InChI is InChI=1S/C15H19N3O3/c1-17(10-11-21-12-6-4-3-5-7-12)15(20)13-8-9-14(19)18(2)16-13/h3-7H,8-11H2,1-2H3.